The fourth-order valence-electron chi connectivity index (χ4n) is 1.42. The molecule has 0 aliphatic carbocycles. The zero-order valence-electron chi connectivity index (χ0n) is 10.1. The average Bonchev–Trinajstić information content (AvgIpc) is 2.31. The van der Waals surface area contributed by atoms with Gasteiger partial charge in [-0.3, -0.25) is 4.79 Å². The van der Waals surface area contributed by atoms with E-state index in [4.69, 9.17) is 28.3 Å². The van der Waals surface area contributed by atoms with Crippen LogP contribution < -0.4 is 4.72 Å². The second-order valence-electron chi connectivity index (χ2n) is 3.88. The summed E-state index contributed by atoms with van der Waals surface area (Å²) in [5.41, 5.74) is 0. The Bertz CT molecular complexity index is 574. The quantitative estimate of drug-likeness (QED) is 0.841. The van der Waals surface area contributed by atoms with Crippen LogP contribution in [0.2, 0.25) is 10.0 Å². The summed E-state index contributed by atoms with van der Waals surface area (Å²) in [4.78, 5) is 10.8. The molecule has 1 unspecified atom stereocenters. The van der Waals surface area contributed by atoms with Crippen molar-refractivity contribution < 1.29 is 18.3 Å². The molecular formula is C11H13Cl2NO4S. The molecule has 0 bridgehead atoms. The maximum Gasteiger partial charge on any atom is 0.321 e. The van der Waals surface area contributed by atoms with Gasteiger partial charge in [-0.05, 0) is 24.6 Å². The minimum atomic E-state index is -3.94. The van der Waals surface area contributed by atoms with Crippen LogP contribution in [0.25, 0.3) is 0 Å². The van der Waals surface area contributed by atoms with Gasteiger partial charge in [0, 0.05) is 0 Å². The van der Waals surface area contributed by atoms with E-state index < -0.39 is 22.0 Å². The zero-order chi connectivity index (χ0) is 14.6. The van der Waals surface area contributed by atoms with E-state index in [1.54, 1.807) is 6.92 Å². The molecule has 1 atom stereocenters. The van der Waals surface area contributed by atoms with Gasteiger partial charge in [0.15, 0.2) is 0 Å². The molecule has 2 N–H and O–H groups in total. The Kier molecular flexibility index (Phi) is 5.61. The summed E-state index contributed by atoms with van der Waals surface area (Å²) in [6.07, 6.45) is 0.747. The third kappa shape index (κ3) is 4.35. The van der Waals surface area contributed by atoms with Crippen LogP contribution in [0.4, 0.5) is 0 Å². The Balaban J connectivity index is 3.03. The SMILES string of the molecule is CCCC(NS(=O)(=O)c1ccc(Cl)c(Cl)c1)C(=O)O. The maximum absolute atomic E-state index is 12.0. The molecule has 0 aliphatic heterocycles. The first-order valence-corrected chi connectivity index (χ1v) is 7.72. The molecule has 0 fully saturated rings. The minimum absolute atomic E-state index is 0.0897. The second-order valence-corrected chi connectivity index (χ2v) is 6.41. The monoisotopic (exact) mass is 325 g/mol. The van der Waals surface area contributed by atoms with Crippen LogP contribution >= 0.6 is 23.2 Å². The first-order valence-electron chi connectivity index (χ1n) is 5.48. The molecule has 1 aromatic carbocycles. The van der Waals surface area contributed by atoms with Crippen molar-refractivity contribution in [2.45, 2.75) is 30.7 Å². The molecule has 0 saturated carbocycles. The molecule has 0 saturated heterocycles. The minimum Gasteiger partial charge on any atom is -0.480 e. The second kappa shape index (κ2) is 6.56. The number of sulfonamides is 1. The van der Waals surface area contributed by atoms with E-state index in [9.17, 15) is 13.2 Å². The number of nitrogens with one attached hydrogen (secondary N) is 1. The lowest BCUT2D eigenvalue weighted by Gasteiger charge is -2.14. The summed E-state index contributed by atoms with van der Waals surface area (Å²) < 4.78 is 26.1. The molecule has 1 aromatic rings. The number of rotatable bonds is 6. The molecule has 0 aliphatic rings. The number of aliphatic carboxylic acids is 1. The molecule has 106 valence electrons. The van der Waals surface area contributed by atoms with Crippen LogP contribution in [-0.4, -0.2) is 25.5 Å². The summed E-state index contributed by atoms with van der Waals surface area (Å²) >= 11 is 11.4. The van der Waals surface area contributed by atoms with Gasteiger partial charge in [-0.1, -0.05) is 36.5 Å². The Labute approximate surface area is 121 Å². The maximum atomic E-state index is 12.0. The number of carboxylic acids is 1. The van der Waals surface area contributed by atoms with E-state index in [1.165, 1.54) is 18.2 Å². The first-order chi connectivity index (χ1) is 8.77. The van der Waals surface area contributed by atoms with Crippen molar-refractivity contribution in [2.24, 2.45) is 0 Å². The van der Waals surface area contributed by atoms with Crippen molar-refractivity contribution in [3.63, 3.8) is 0 Å². The molecule has 19 heavy (non-hydrogen) atoms. The summed E-state index contributed by atoms with van der Waals surface area (Å²) in [5.74, 6) is -1.22. The van der Waals surface area contributed by atoms with E-state index in [-0.39, 0.29) is 21.4 Å². The Morgan fingerprint density at radius 2 is 2.00 bits per heavy atom. The van der Waals surface area contributed by atoms with E-state index >= 15 is 0 Å². The van der Waals surface area contributed by atoms with Gasteiger partial charge in [-0.2, -0.15) is 4.72 Å². The number of halogens is 2. The van der Waals surface area contributed by atoms with E-state index in [1.807, 2.05) is 0 Å². The first kappa shape index (κ1) is 16.2. The molecule has 0 spiro atoms. The Hall–Kier alpha value is -0.820. The highest BCUT2D eigenvalue weighted by Crippen LogP contribution is 2.24. The number of benzene rings is 1. The summed E-state index contributed by atoms with van der Waals surface area (Å²) in [6, 6.07) is 2.62. The number of carbonyl (C=O) groups is 1. The van der Waals surface area contributed by atoms with Crippen LogP contribution in [0, 0.1) is 0 Å². The third-order valence-electron chi connectivity index (χ3n) is 2.37. The van der Waals surface area contributed by atoms with Crippen molar-refractivity contribution >= 4 is 39.2 Å². The van der Waals surface area contributed by atoms with Crippen molar-refractivity contribution in [3.8, 4) is 0 Å². The standard InChI is InChI=1S/C11H13Cl2NO4S/c1-2-3-10(11(15)16)14-19(17,18)7-4-5-8(12)9(13)6-7/h4-6,10,14H,2-3H2,1H3,(H,15,16). The van der Waals surface area contributed by atoms with Gasteiger partial charge in [-0.25, -0.2) is 8.42 Å². The molecule has 0 heterocycles. The van der Waals surface area contributed by atoms with Crippen molar-refractivity contribution in [1.29, 1.82) is 0 Å². The lowest BCUT2D eigenvalue weighted by Crippen LogP contribution is -2.40. The van der Waals surface area contributed by atoms with Crippen LogP contribution in [0.5, 0.6) is 0 Å². The number of hydrogen-bond acceptors (Lipinski definition) is 3. The molecule has 1 rings (SSSR count). The third-order valence-corrected chi connectivity index (χ3v) is 4.58. The van der Waals surface area contributed by atoms with Crippen molar-refractivity contribution in [1.82, 2.24) is 4.72 Å². The van der Waals surface area contributed by atoms with E-state index in [0.717, 1.165) is 0 Å². The lowest BCUT2D eigenvalue weighted by molar-refractivity contribution is -0.139. The van der Waals surface area contributed by atoms with E-state index in [0.29, 0.717) is 6.42 Å². The number of carboxylic acid groups (broad SMARTS) is 1. The summed E-state index contributed by atoms with van der Waals surface area (Å²) in [5, 5.41) is 9.25. The van der Waals surface area contributed by atoms with Gasteiger partial charge in [-0.15, -0.1) is 0 Å². The largest absolute Gasteiger partial charge is 0.480 e. The van der Waals surface area contributed by atoms with Gasteiger partial charge in [0.1, 0.15) is 6.04 Å². The van der Waals surface area contributed by atoms with Gasteiger partial charge in [0.05, 0.1) is 14.9 Å². The average molecular weight is 326 g/mol. The van der Waals surface area contributed by atoms with Crippen LogP contribution in [0.3, 0.4) is 0 Å². The molecular weight excluding hydrogens is 313 g/mol. The predicted octanol–water partition coefficient (Wildman–Crippen LogP) is 2.53. The molecule has 0 amide bonds. The number of hydrogen-bond donors (Lipinski definition) is 2. The van der Waals surface area contributed by atoms with Crippen molar-refractivity contribution in [3.05, 3.63) is 28.2 Å². The zero-order valence-corrected chi connectivity index (χ0v) is 12.4. The van der Waals surface area contributed by atoms with Gasteiger partial charge in [0.2, 0.25) is 10.0 Å². The highest BCUT2D eigenvalue weighted by molar-refractivity contribution is 7.89. The normalized spacial score (nSPS) is 13.2. The predicted molar refractivity (Wildman–Crippen MR) is 73.1 cm³/mol. The molecule has 5 nitrogen and oxygen atoms in total. The summed E-state index contributed by atoms with van der Waals surface area (Å²) in [6.45, 7) is 1.77. The smallest absolute Gasteiger partial charge is 0.321 e. The Morgan fingerprint density at radius 1 is 1.37 bits per heavy atom. The molecule has 0 aromatic heterocycles. The van der Waals surface area contributed by atoms with Gasteiger partial charge < -0.3 is 5.11 Å². The Morgan fingerprint density at radius 3 is 2.47 bits per heavy atom. The van der Waals surface area contributed by atoms with Crippen molar-refractivity contribution in [2.75, 3.05) is 0 Å². The van der Waals surface area contributed by atoms with E-state index in [2.05, 4.69) is 4.72 Å². The van der Waals surface area contributed by atoms with Gasteiger partial charge in [0.25, 0.3) is 0 Å². The highest BCUT2D eigenvalue weighted by Gasteiger charge is 2.24. The molecule has 0 radical (unpaired) electrons. The topological polar surface area (TPSA) is 83.5 Å². The highest BCUT2D eigenvalue weighted by atomic mass is 35.5. The lowest BCUT2D eigenvalue weighted by atomic mass is 10.2. The fraction of sp³-hybridized carbons (Fsp3) is 0.364. The summed E-state index contributed by atoms with van der Waals surface area (Å²) in [7, 11) is -3.94. The molecule has 8 heteroatoms. The van der Waals surface area contributed by atoms with Gasteiger partial charge >= 0.3 is 5.97 Å². The van der Waals surface area contributed by atoms with Crippen LogP contribution in [0.1, 0.15) is 19.8 Å². The fourth-order valence-corrected chi connectivity index (χ4v) is 3.03. The van der Waals surface area contributed by atoms with Crippen LogP contribution in [-0.2, 0) is 14.8 Å². The van der Waals surface area contributed by atoms with Crippen LogP contribution in [0.15, 0.2) is 23.1 Å².